The van der Waals surface area contributed by atoms with E-state index < -0.39 is 6.09 Å². The lowest BCUT2D eigenvalue weighted by atomic mass is 10.1. The molecule has 0 heterocycles. The topological polar surface area (TPSA) is 65.4 Å². The molecule has 27 heavy (non-hydrogen) atoms. The van der Waals surface area contributed by atoms with Gasteiger partial charge in [0, 0.05) is 19.7 Å². The van der Waals surface area contributed by atoms with Crippen molar-refractivity contribution in [1.29, 1.82) is 0 Å². The highest BCUT2D eigenvalue weighted by Gasteiger charge is 2.20. The first kappa shape index (κ1) is 20.2. The molecule has 2 rings (SSSR count). The van der Waals surface area contributed by atoms with Crippen molar-refractivity contribution in [3.8, 4) is 5.75 Å². The number of halogens is 1. The van der Waals surface area contributed by atoms with Gasteiger partial charge < -0.3 is 14.7 Å². The summed E-state index contributed by atoms with van der Waals surface area (Å²) in [6.07, 6.45) is 0.591. The van der Waals surface area contributed by atoms with Crippen LogP contribution in [0.15, 0.2) is 41.4 Å². The lowest BCUT2D eigenvalue weighted by Crippen LogP contribution is -2.29. The van der Waals surface area contributed by atoms with Crippen LogP contribution in [0.3, 0.4) is 0 Å². The Balaban J connectivity index is 2.40. The molecule has 0 aromatic heterocycles. The van der Waals surface area contributed by atoms with Crippen molar-refractivity contribution in [3.05, 3.63) is 53.3 Å². The van der Waals surface area contributed by atoms with Crippen LogP contribution in [0.5, 0.6) is 5.75 Å². The Bertz CT molecular complexity index is 822. The highest BCUT2D eigenvalue weighted by atomic mass is 19.1. The third kappa shape index (κ3) is 5.20. The van der Waals surface area contributed by atoms with Crippen LogP contribution in [-0.2, 0) is 6.54 Å². The van der Waals surface area contributed by atoms with E-state index in [0.717, 1.165) is 12.1 Å². The van der Waals surface area contributed by atoms with Crippen LogP contribution in [0.1, 0.15) is 18.1 Å². The van der Waals surface area contributed by atoms with Crippen molar-refractivity contribution in [3.63, 3.8) is 0 Å². The van der Waals surface area contributed by atoms with Gasteiger partial charge in [-0.05, 0) is 43.2 Å². The number of aryl methyl sites for hydroxylation is 1. The molecule has 0 bridgehead atoms. The summed E-state index contributed by atoms with van der Waals surface area (Å²) in [5.41, 5.74) is 2.60. The number of anilines is 1. The standard InChI is InChI=1S/C20H24FN3O3/c1-5-23(3)13-22-17-11-19(27-4)18(10-14(17)2)24(20(25)26)12-15-6-8-16(21)9-7-15/h6-11,13H,5,12H2,1-4H3,(H,25,26). The molecule has 0 saturated heterocycles. The van der Waals surface area contributed by atoms with Crippen molar-refractivity contribution in [2.45, 2.75) is 20.4 Å². The number of benzene rings is 2. The number of rotatable bonds is 7. The minimum absolute atomic E-state index is 0.0760. The van der Waals surface area contributed by atoms with E-state index in [0.29, 0.717) is 22.7 Å². The molecule has 0 unspecified atom stereocenters. The van der Waals surface area contributed by atoms with Crippen LogP contribution in [-0.4, -0.2) is 43.1 Å². The number of hydrogen-bond acceptors (Lipinski definition) is 3. The Morgan fingerprint density at radius 3 is 2.52 bits per heavy atom. The van der Waals surface area contributed by atoms with Gasteiger partial charge in [-0.15, -0.1) is 0 Å². The predicted molar refractivity (Wildman–Crippen MR) is 105 cm³/mol. The van der Waals surface area contributed by atoms with Crippen LogP contribution >= 0.6 is 0 Å². The second-order valence-electron chi connectivity index (χ2n) is 6.12. The van der Waals surface area contributed by atoms with Gasteiger partial charge >= 0.3 is 6.09 Å². The average molecular weight is 373 g/mol. The van der Waals surface area contributed by atoms with Crippen molar-refractivity contribution < 1.29 is 19.0 Å². The number of amides is 1. The van der Waals surface area contributed by atoms with E-state index >= 15 is 0 Å². The van der Waals surface area contributed by atoms with Gasteiger partial charge in [-0.3, -0.25) is 4.90 Å². The zero-order valence-electron chi connectivity index (χ0n) is 15.9. The maximum Gasteiger partial charge on any atom is 0.412 e. The number of aliphatic imine (C=N–C) groups is 1. The molecule has 0 radical (unpaired) electrons. The Kier molecular flexibility index (Phi) is 6.76. The molecule has 1 amide bonds. The molecular formula is C20H24FN3O3. The third-order valence-electron chi connectivity index (χ3n) is 4.17. The fraction of sp³-hybridized carbons (Fsp3) is 0.300. The van der Waals surface area contributed by atoms with E-state index in [1.165, 1.54) is 24.1 Å². The summed E-state index contributed by atoms with van der Waals surface area (Å²) in [5, 5.41) is 9.69. The molecule has 0 aliphatic rings. The molecule has 0 atom stereocenters. The summed E-state index contributed by atoms with van der Waals surface area (Å²) in [6, 6.07) is 9.17. The summed E-state index contributed by atoms with van der Waals surface area (Å²) in [6.45, 7) is 4.77. The van der Waals surface area contributed by atoms with E-state index in [9.17, 15) is 14.3 Å². The largest absolute Gasteiger partial charge is 0.494 e. The third-order valence-corrected chi connectivity index (χ3v) is 4.17. The van der Waals surface area contributed by atoms with Crippen LogP contribution in [0, 0.1) is 12.7 Å². The highest BCUT2D eigenvalue weighted by molar-refractivity contribution is 5.89. The number of carbonyl (C=O) groups is 1. The van der Waals surface area contributed by atoms with Crippen molar-refractivity contribution in [2.24, 2.45) is 4.99 Å². The fourth-order valence-corrected chi connectivity index (χ4v) is 2.45. The van der Waals surface area contributed by atoms with Crippen LogP contribution in [0.4, 0.5) is 20.6 Å². The molecule has 0 saturated carbocycles. The first-order valence-electron chi connectivity index (χ1n) is 8.53. The molecule has 0 fully saturated rings. The van der Waals surface area contributed by atoms with Crippen LogP contribution in [0.2, 0.25) is 0 Å². The van der Waals surface area contributed by atoms with E-state index in [4.69, 9.17) is 4.74 Å². The molecule has 2 aromatic rings. The molecule has 7 heteroatoms. The molecule has 1 N–H and O–H groups in total. The minimum atomic E-state index is -1.13. The van der Waals surface area contributed by atoms with Crippen molar-refractivity contribution in [1.82, 2.24) is 4.90 Å². The van der Waals surface area contributed by atoms with Gasteiger partial charge in [-0.2, -0.15) is 0 Å². The lowest BCUT2D eigenvalue weighted by molar-refractivity contribution is 0.201. The van der Waals surface area contributed by atoms with Gasteiger partial charge in [0.1, 0.15) is 11.6 Å². The van der Waals surface area contributed by atoms with Gasteiger partial charge in [0.15, 0.2) is 0 Å². The normalized spacial score (nSPS) is 10.9. The molecule has 0 spiro atoms. The number of methoxy groups -OCH3 is 1. The van der Waals surface area contributed by atoms with Gasteiger partial charge in [0.05, 0.1) is 31.4 Å². The lowest BCUT2D eigenvalue weighted by Gasteiger charge is -2.23. The zero-order chi connectivity index (χ0) is 20.0. The Morgan fingerprint density at radius 2 is 1.96 bits per heavy atom. The Labute approximate surface area is 158 Å². The monoisotopic (exact) mass is 373 g/mol. The number of carboxylic acid groups (broad SMARTS) is 1. The van der Waals surface area contributed by atoms with Crippen molar-refractivity contribution >= 4 is 23.8 Å². The predicted octanol–water partition coefficient (Wildman–Crippen LogP) is 4.44. The summed E-state index contributed by atoms with van der Waals surface area (Å²) in [5.74, 6) is 0.0322. The van der Waals surface area contributed by atoms with E-state index in [2.05, 4.69) is 4.99 Å². The molecule has 0 aliphatic heterocycles. The summed E-state index contributed by atoms with van der Waals surface area (Å²) in [7, 11) is 3.40. The van der Waals surface area contributed by atoms with E-state index in [-0.39, 0.29) is 12.4 Å². The number of nitrogens with zero attached hydrogens (tertiary/aromatic N) is 3. The van der Waals surface area contributed by atoms with Gasteiger partial charge in [0.2, 0.25) is 0 Å². The van der Waals surface area contributed by atoms with Crippen molar-refractivity contribution in [2.75, 3.05) is 25.6 Å². The SMILES string of the molecule is CCN(C)C=Nc1cc(OC)c(N(Cc2ccc(F)cc2)C(=O)O)cc1C. The van der Waals surface area contributed by atoms with Gasteiger partial charge in [0.25, 0.3) is 0 Å². The Morgan fingerprint density at radius 1 is 1.30 bits per heavy atom. The molecule has 144 valence electrons. The summed E-state index contributed by atoms with van der Waals surface area (Å²) < 4.78 is 18.5. The smallest absolute Gasteiger partial charge is 0.412 e. The molecule has 6 nitrogen and oxygen atoms in total. The first-order valence-corrected chi connectivity index (χ1v) is 8.53. The van der Waals surface area contributed by atoms with Crippen LogP contribution < -0.4 is 9.64 Å². The van der Waals surface area contributed by atoms with Gasteiger partial charge in [-0.25, -0.2) is 14.2 Å². The van der Waals surface area contributed by atoms with E-state index in [1.54, 1.807) is 30.6 Å². The zero-order valence-corrected chi connectivity index (χ0v) is 15.9. The number of hydrogen-bond donors (Lipinski definition) is 1. The molecule has 2 aromatic carbocycles. The second kappa shape index (κ2) is 9.02. The number of ether oxygens (including phenoxy) is 1. The average Bonchev–Trinajstić information content (AvgIpc) is 2.65. The maximum atomic E-state index is 13.1. The second-order valence-corrected chi connectivity index (χ2v) is 6.12. The van der Waals surface area contributed by atoms with Crippen LogP contribution in [0.25, 0.3) is 0 Å². The summed E-state index contributed by atoms with van der Waals surface area (Å²) >= 11 is 0. The highest BCUT2D eigenvalue weighted by Crippen LogP contribution is 2.36. The summed E-state index contributed by atoms with van der Waals surface area (Å²) in [4.78, 5) is 19.4. The Hall–Kier alpha value is -3.09. The fourth-order valence-electron chi connectivity index (χ4n) is 2.45. The minimum Gasteiger partial charge on any atom is -0.494 e. The maximum absolute atomic E-state index is 13.1. The first-order chi connectivity index (χ1) is 12.8. The van der Waals surface area contributed by atoms with E-state index in [1.807, 2.05) is 25.8 Å². The molecule has 0 aliphatic carbocycles. The molecular weight excluding hydrogens is 349 g/mol. The quantitative estimate of drug-likeness (QED) is 0.576. The van der Waals surface area contributed by atoms with Gasteiger partial charge in [-0.1, -0.05) is 12.1 Å².